The normalized spacial score (nSPS) is 12.2. The summed E-state index contributed by atoms with van der Waals surface area (Å²) in [4.78, 5) is 12.5. The fraction of sp³-hybridized carbons (Fsp3) is 0.360. The molecule has 0 radical (unpaired) electrons. The van der Waals surface area contributed by atoms with E-state index >= 15 is 0 Å². The average Bonchev–Trinajstić information content (AvgIpc) is 2.80. The Morgan fingerprint density at radius 3 is 2.53 bits per heavy atom. The molecule has 9 heteroatoms. The van der Waals surface area contributed by atoms with Crippen molar-refractivity contribution in [3.63, 3.8) is 0 Å². The summed E-state index contributed by atoms with van der Waals surface area (Å²) < 4.78 is 54.2. The summed E-state index contributed by atoms with van der Waals surface area (Å²) in [6.07, 6.45) is -0.660. The van der Waals surface area contributed by atoms with Crippen LogP contribution in [0.3, 0.4) is 0 Å². The Morgan fingerprint density at radius 1 is 1.18 bits per heavy atom. The maximum absolute atomic E-state index is 12.7. The van der Waals surface area contributed by atoms with Crippen molar-refractivity contribution in [2.24, 2.45) is 5.92 Å². The van der Waals surface area contributed by atoms with Crippen LogP contribution in [0.25, 0.3) is 0 Å². The lowest BCUT2D eigenvalue weighted by Gasteiger charge is -2.17. The molecular weight excluding hydrogens is 467 g/mol. The second kappa shape index (κ2) is 13.6. The number of alkyl halides is 3. The Morgan fingerprint density at radius 2 is 1.91 bits per heavy atom. The molecule has 182 valence electrons. The predicted octanol–water partition coefficient (Wildman–Crippen LogP) is 6.21. The SMILES string of the molecule is CCOC(=O)COc1ccc(SCC(C/C=C/C#N)COc2ccc(C(F)(F)F)cc2)cc1C. The van der Waals surface area contributed by atoms with Crippen molar-refractivity contribution in [2.45, 2.75) is 31.3 Å². The highest BCUT2D eigenvalue weighted by Gasteiger charge is 2.30. The number of ether oxygens (including phenoxy) is 3. The lowest BCUT2D eigenvalue weighted by Crippen LogP contribution is -2.15. The minimum absolute atomic E-state index is 0.0249. The van der Waals surface area contributed by atoms with Gasteiger partial charge < -0.3 is 14.2 Å². The number of hydrogen-bond acceptors (Lipinski definition) is 6. The van der Waals surface area contributed by atoms with Gasteiger partial charge in [0.15, 0.2) is 6.61 Å². The molecule has 2 aromatic carbocycles. The van der Waals surface area contributed by atoms with E-state index in [0.29, 0.717) is 30.3 Å². The smallest absolute Gasteiger partial charge is 0.416 e. The monoisotopic (exact) mass is 493 g/mol. The number of nitrogens with zero attached hydrogens (tertiary/aromatic N) is 1. The molecule has 0 saturated carbocycles. The number of allylic oxidation sites excluding steroid dienone is 2. The number of rotatable bonds is 12. The van der Waals surface area contributed by atoms with E-state index in [4.69, 9.17) is 19.5 Å². The molecule has 0 aliphatic carbocycles. The van der Waals surface area contributed by atoms with Crippen molar-refractivity contribution in [3.8, 4) is 17.6 Å². The maximum atomic E-state index is 12.7. The number of thioether (sulfide) groups is 1. The Labute approximate surface area is 201 Å². The van der Waals surface area contributed by atoms with E-state index in [2.05, 4.69) is 0 Å². The van der Waals surface area contributed by atoms with Crippen LogP contribution in [0.5, 0.6) is 11.5 Å². The molecule has 0 spiro atoms. The molecule has 0 amide bonds. The van der Waals surface area contributed by atoms with Gasteiger partial charge in [0.1, 0.15) is 11.5 Å². The molecule has 2 aromatic rings. The molecular formula is C25H26F3NO4S. The number of benzene rings is 2. The van der Waals surface area contributed by atoms with Crippen LogP contribution in [-0.4, -0.2) is 31.5 Å². The van der Waals surface area contributed by atoms with Crippen LogP contribution in [-0.2, 0) is 15.7 Å². The van der Waals surface area contributed by atoms with E-state index in [9.17, 15) is 18.0 Å². The highest BCUT2D eigenvalue weighted by Crippen LogP contribution is 2.31. The minimum Gasteiger partial charge on any atom is -0.493 e. The summed E-state index contributed by atoms with van der Waals surface area (Å²) in [6.45, 7) is 4.03. The van der Waals surface area contributed by atoms with Gasteiger partial charge in [0.05, 0.1) is 24.8 Å². The quantitative estimate of drug-likeness (QED) is 0.199. The van der Waals surface area contributed by atoms with Gasteiger partial charge in [-0.2, -0.15) is 18.4 Å². The molecule has 2 rings (SSSR count). The molecule has 1 atom stereocenters. The number of hydrogen-bond donors (Lipinski definition) is 0. The van der Waals surface area contributed by atoms with Gasteiger partial charge in [0.2, 0.25) is 0 Å². The zero-order valence-electron chi connectivity index (χ0n) is 18.9. The Hall–Kier alpha value is -3.12. The molecule has 0 saturated heterocycles. The van der Waals surface area contributed by atoms with Crippen molar-refractivity contribution in [2.75, 3.05) is 25.6 Å². The Kier molecular flexibility index (Phi) is 10.8. The van der Waals surface area contributed by atoms with Crippen molar-refractivity contribution in [1.82, 2.24) is 0 Å². The van der Waals surface area contributed by atoms with Gasteiger partial charge in [-0.15, -0.1) is 11.8 Å². The third-order valence-corrected chi connectivity index (χ3v) is 5.84. The highest BCUT2D eigenvalue weighted by molar-refractivity contribution is 7.99. The summed E-state index contributed by atoms with van der Waals surface area (Å²) in [5.74, 6) is 1.21. The molecule has 0 aliphatic heterocycles. The summed E-state index contributed by atoms with van der Waals surface area (Å²) in [5, 5.41) is 8.75. The van der Waals surface area contributed by atoms with Crippen molar-refractivity contribution >= 4 is 17.7 Å². The van der Waals surface area contributed by atoms with Crippen molar-refractivity contribution in [1.29, 1.82) is 5.26 Å². The summed E-state index contributed by atoms with van der Waals surface area (Å²) in [6, 6.07) is 12.2. The first-order valence-electron chi connectivity index (χ1n) is 10.6. The first kappa shape index (κ1) is 27.1. The molecule has 5 nitrogen and oxygen atoms in total. The fourth-order valence-electron chi connectivity index (χ4n) is 2.88. The van der Waals surface area contributed by atoms with Crippen LogP contribution >= 0.6 is 11.8 Å². The van der Waals surface area contributed by atoms with Crippen molar-refractivity contribution < 1.29 is 32.2 Å². The van der Waals surface area contributed by atoms with Gasteiger partial charge in [-0.25, -0.2) is 4.79 Å². The molecule has 0 heterocycles. The summed E-state index contributed by atoms with van der Waals surface area (Å²) in [5.41, 5.74) is 0.144. The van der Waals surface area contributed by atoms with Gasteiger partial charge in [0.25, 0.3) is 0 Å². The largest absolute Gasteiger partial charge is 0.493 e. The van der Waals surface area contributed by atoms with E-state index in [1.54, 1.807) is 30.8 Å². The van der Waals surface area contributed by atoms with Crippen LogP contribution in [0.15, 0.2) is 59.5 Å². The molecule has 0 fully saturated rings. The minimum atomic E-state index is -4.39. The second-order valence-corrected chi connectivity index (χ2v) is 8.39. The molecule has 0 aliphatic rings. The van der Waals surface area contributed by atoms with Gasteiger partial charge in [0, 0.05) is 22.6 Å². The van der Waals surface area contributed by atoms with Gasteiger partial charge in [-0.05, 0) is 68.3 Å². The van der Waals surface area contributed by atoms with E-state index < -0.39 is 17.7 Å². The molecule has 0 bridgehead atoms. The van der Waals surface area contributed by atoms with E-state index in [-0.39, 0.29) is 19.1 Å². The van der Waals surface area contributed by atoms with Gasteiger partial charge >= 0.3 is 12.1 Å². The van der Waals surface area contributed by atoms with Crippen LogP contribution in [0, 0.1) is 24.2 Å². The summed E-state index contributed by atoms with van der Waals surface area (Å²) >= 11 is 1.59. The van der Waals surface area contributed by atoms with Crippen molar-refractivity contribution in [3.05, 3.63) is 65.7 Å². The fourth-order valence-corrected chi connectivity index (χ4v) is 3.96. The lowest BCUT2D eigenvalue weighted by molar-refractivity contribution is -0.145. The Bertz CT molecular complexity index is 1000. The number of nitriles is 1. The van der Waals surface area contributed by atoms with E-state index in [1.807, 2.05) is 25.1 Å². The van der Waals surface area contributed by atoms with Crippen LogP contribution in [0.1, 0.15) is 24.5 Å². The Balaban J connectivity index is 1.95. The average molecular weight is 494 g/mol. The number of carbonyl (C=O) groups excluding carboxylic acids is 1. The third-order valence-electron chi connectivity index (χ3n) is 4.61. The zero-order valence-corrected chi connectivity index (χ0v) is 19.7. The molecule has 0 N–H and O–H groups in total. The van der Waals surface area contributed by atoms with Gasteiger partial charge in [-0.3, -0.25) is 0 Å². The first-order chi connectivity index (χ1) is 16.2. The predicted molar refractivity (Wildman–Crippen MR) is 124 cm³/mol. The highest BCUT2D eigenvalue weighted by atomic mass is 32.2. The zero-order chi connectivity index (χ0) is 25.0. The van der Waals surface area contributed by atoms with Gasteiger partial charge in [-0.1, -0.05) is 6.08 Å². The standard InChI is InChI=1S/C25H26F3NO4S/c1-3-31-24(30)16-33-23-12-11-22(14-18(23)2)34-17-19(6-4-5-13-29)15-32-21-9-7-20(8-10-21)25(26,27)28/h4-5,7-12,14,19H,3,6,15-17H2,1-2H3/b5-4+. The first-order valence-corrected chi connectivity index (χ1v) is 11.6. The van der Waals surface area contributed by atoms with E-state index in [0.717, 1.165) is 22.6 Å². The topological polar surface area (TPSA) is 68.5 Å². The number of halogens is 3. The van der Waals surface area contributed by atoms with Crippen LogP contribution < -0.4 is 9.47 Å². The number of carbonyl (C=O) groups is 1. The van der Waals surface area contributed by atoms with E-state index in [1.165, 1.54) is 18.2 Å². The van der Waals surface area contributed by atoms with Crippen LogP contribution in [0.2, 0.25) is 0 Å². The molecule has 0 aromatic heterocycles. The molecule has 1 unspecified atom stereocenters. The summed E-state index contributed by atoms with van der Waals surface area (Å²) in [7, 11) is 0. The number of aryl methyl sites for hydroxylation is 1. The van der Waals surface area contributed by atoms with Crippen LogP contribution in [0.4, 0.5) is 13.2 Å². The molecule has 34 heavy (non-hydrogen) atoms. The lowest BCUT2D eigenvalue weighted by atomic mass is 10.1. The maximum Gasteiger partial charge on any atom is 0.416 e. The third kappa shape index (κ3) is 9.40. The second-order valence-electron chi connectivity index (χ2n) is 7.30. The number of esters is 1.